The van der Waals surface area contributed by atoms with Crippen molar-refractivity contribution in [2.45, 2.75) is 45.3 Å². The van der Waals surface area contributed by atoms with Gasteiger partial charge in [-0.3, -0.25) is 9.89 Å². The number of nitrogens with zero attached hydrogens (tertiary/aromatic N) is 3. The van der Waals surface area contributed by atoms with Crippen molar-refractivity contribution in [2.75, 3.05) is 39.3 Å². The van der Waals surface area contributed by atoms with Gasteiger partial charge in [0.2, 0.25) is 0 Å². The molecule has 1 atom stereocenters. The Bertz CT molecular complexity index is 381. The largest absolute Gasteiger partial charge is 0.401 e. The molecule has 0 aromatic heterocycles. The molecule has 8 heteroatoms. The lowest BCUT2D eigenvalue weighted by molar-refractivity contribution is -0.143. The topological polar surface area (TPSA) is 30.9 Å². The van der Waals surface area contributed by atoms with E-state index in [1.807, 2.05) is 6.92 Å². The van der Waals surface area contributed by atoms with E-state index in [-0.39, 0.29) is 30.0 Å². The van der Waals surface area contributed by atoms with Crippen LogP contribution >= 0.6 is 24.0 Å². The summed E-state index contributed by atoms with van der Waals surface area (Å²) in [5.41, 5.74) is 0. The van der Waals surface area contributed by atoms with Gasteiger partial charge in [0.15, 0.2) is 5.96 Å². The monoisotopic (exact) mass is 448 g/mol. The molecule has 0 amide bonds. The van der Waals surface area contributed by atoms with Crippen molar-refractivity contribution in [3.63, 3.8) is 0 Å². The fraction of sp³-hybridized carbons (Fsp3) is 0.933. The Labute approximate surface area is 153 Å². The summed E-state index contributed by atoms with van der Waals surface area (Å²) >= 11 is 0. The molecule has 1 N–H and O–H groups in total. The van der Waals surface area contributed by atoms with E-state index in [0.717, 1.165) is 44.2 Å². The van der Waals surface area contributed by atoms with Crippen LogP contribution in [0.5, 0.6) is 0 Å². The Morgan fingerprint density at radius 3 is 2.39 bits per heavy atom. The zero-order valence-corrected chi connectivity index (χ0v) is 16.2. The predicted octanol–water partition coefficient (Wildman–Crippen LogP) is 2.94. The van der Waals surface area contributed by atoms with Crippen LogP contribution in [0.15, 0.2) is 4.99 Å². The molecule has 2 heterocycles. The Balaban J connectivity index is 0.00000264. The Morgan fingerprint density at radius 2 is 1.83 bits per heavy atom. The first kappa shape index (κ1) is 20.8. The first-order valence-corrected chi connectivity index (χ1v) is 8.22. The number of alkyl halides is 3. The van der Waals surface area contributed by atoms with E-state index in [1.54, 1.807) is 0 Å². The maximum Gasteiger partial charge on any atom is 0.401 e. The molecule has 0 aliphatic carbocycles. The summed E-state index contributed by atoms with van der Waals surface area (Å²) in [6, 6.07) is 0.0620. The molecule has 136 valence electrons. The quantitative estimate of drug-likeness (QED) is 0.409. The average Bonchev–Trinajstić information content (AvgIpc) is 2.84. The van der Waals surface area contributed by atoms with E-state index in [1.165, 1.54) is 4.90 Å². The maximum absolute atomic E-state index is 12.5. The van der Waals surface area contributed by atoms with Crippen molar-refractivity contribution in [1.82, 2.24) is 15.1 Å². The second-order valence-electron chi connectivity index (χ2n) is 6.45. The summed E-state index contributed by atoms with van der Waals surface area (Å²) in [5.74, 6) is 1.61. The van der Waals surface area contributed by atoms with Gasteiger partial charge in [-0.25, -0.2) is 0 Å². The number of likely N-dealkylation sites (tertiary alicyclic amines) is 2. The molecule has 0 bridgehead atoms. The summed E-state index contributed by atoms with van der Waals surface area (Å²) in [5, 5.41) is 3.38. The molecule has 0 spiro atoms. The number of nitrogens with one attached hydrogen (secondary N) is 1. The first-order valence-electron chi connectivity index (χ1n) is 8.22. The van der Waals surface area contributed by atoms with Crippen molar-refractivity contribution < 1.29 is 13.2 Å². The predicted molar refractivity (Wildman–Crippen MR) is 97.4 cm³/mol. The van der Waals surface area contributed by atoms with Crippen molar-refractivity contribution >= 4 is 29.9 Å². The Morgan fingerprint density at radius 1 is 1.17 bits per heavy atom. The van der Waals surface area contributed by atoms with Gasteiger partial charge in [-0.05, 0) is 32.1 Å². The molecule has 2 aliphatic heterocycles. The van der Waals surface area contributed by atoms with Crippen LogP contribution < -0.4 is 5.32 Å². The fourth-order valence-corrected chi connectivity index (χ4v) is 3.14. The highest BCUT2D eigenvalue weighted by Gasteiger charge is 2.34. The molecule has 0 radical (unpaired) electrons. The van der Waals surface area contributed by atoms with E-state index in [9.17, 15) is 13.2 Å². The summed E-state index contributed by atoms with van der Waals surface area (Å²) in [7, 11) is 0. The number of hydrogen-bond acceptors (Lipinski definition) is 2. The molecule has 0 saturated carbocycles. The minimum atomic E-state index is -4.11. The van der Waals surface area contributed by atoms with Crippen LogP contribution in [0.2, 0.25) is 0 Å². The van der Waals surface area contributed by atoms with Gasteiger partial charge >= 0.3 is 6.18 Å². The normalized spacial score (nSPS) is 24.7. The highest BCUT2D eigenvalue weighted by Crippen LogP contribution is 2.21. The number of halogens is 4. The van der Waals surface area contributed by atoms with E-state index >= 15 is 0 Å². The molecular formula is C15H28F3IN4. The van der Waals surface area contributed by atoms with E-state index < -0.39 is 12.7 Å². The number of guanidine groups is 1. The zero-order valence-electron chi connectivity index (χ0n) is 13.9. The van der Waals surface area contributed by atoms with Crippen molar-refractivity contribution in [3.05, 3.63) is 0 Å². The maximum atomic E-state index is 12.5. The van der Waals surface area contributed by atoms with Crippen molar-refractivity contribution in [1.29, 1.82) is 0 Å². The first-order chi connectivity index (χ1) is 10.4. The lowest BCUT2D eigenvalue weighted by atomic mass is 9.99. The average molecular weight is 448 g/mol. The van der Waals surface area contributed by atoms with Gasteiger partial charge < -0.3 is 10.2 Å². The molecule has 2 aliphatic rings. The van der Waals surface area contributed by atoms with Crippen LogP contribution in [0.3, 0.4) is 0 Å². The van der Waals surface area contributed by atoms with Crippen molar-refractivity contribution in [3.8, 4) is 0 Å². The van der Waals surface area contributed by atoms with Crippen molar-refractivity contribution in [2.24, 2.45) is 10.9 Å². The molecule has 0 aromatic carbocycles. The minimum Gasteiger partial charge on any atom is -0.352 e. The molecule has 2 saturated heterocycles. The van der Waals surface area contributed by atoms with Gasteiger partial charge in [0.25, 0.3) is 0 Å². The van der Waals surface area contributed by atoms with E-state index in [0.29, 0.717) is 19.6 Å². The summed E-state index contributed by atoms with van der Waals surface area (Å²) in [6.07, 6.45) is -1.08. The summed E-state index contributed by atoms with van der Waals surface area (Å²) in [6.45, 7) is 7.00. The standard InChI is InChI=1S/C15H27F3N4.HI/c1-3-19-14(22-8-4-12(2)5-9-22)20-13-6-7-21(10-13)11-15(16,17)18;/h12-13H,3-11H2,1-2H3,(H,19,20);1H. The summed E-state index contributed by atoms with van der Waals surface area (Å²) < 4.78 is 37.4. The molecule has 4 nitrogen and oxygen atoms in total. The SMILES string of the molecule is CCN=C(NC1CCN(CC(F)(F)F)C1)N1CCC(C)CC1.I. The molecular weight excluding hydrogens is 420 g/mol. The highest BCUT2D eigenvalue weighted by atomic mass is 127. The third kappa shape index (κ3) is 7.03. The van der Waals surface area contributed by atoms with Gasteiger partial charge in [-0.1, -0.05) is 6.92 Å². The van der Waals surface area contributed by atoms with Gasteiger partial charge in [-0.15, -0.1) is 24.0 Å². The van der Waals surface area contributed by atoms with Crippen LogP contribution in [-0.2, 0) is 0 Å². The molecule has 1 unspecified atom stereocenters. The third-order valence-corrected chi connectivity index (χ3v) is 4.40. The second kappa shape index (κ2) is 9.29. The van der Waals surface area contributed by atoms with Crippen LogP contribution in [0.25, 0.3) is 0 Å². The third-order valence-electron chi connectivity index (χ3n) is 4.40. The number of piperidine rings is 1. The second-order valence-corrected chi connectivity index (χ2v) is 6.45. The smallest absolute Gasteiger partial charge is 0.352 e. The minimum absolute atomic E-state index is 0. The van der Waals surface area contributed by atoms with Crippen LogP contribution in [0.1, 0.15) is 33.1 Å². The van der Waals surface area contributed by atoms with Crippen LogP contribution in [0, 0.1) is 5.92 Å². The van der Waals surface area contributed by atoms with Gasteiger partial charge in [-0.2, -0.15) is 13.2 Å². The number of hydrogen-bond donors (Lipinski definition) is 1. The summed E-state index contributed by atoms with van der Waals surface area (Å²) in [4.78, 5) is 8.24. The van der Waals surface area contributed by atoms with Gasteiger partial charge in [0.05, 0.1) is 6.54 Å². The molecule has 0 aromatic rings. The fourth-order valence-electron chi connectivity index (χ4n) is 3.14. The number of rotatable bonds is 3. The lowest BCUT2D eigenvalue weighted by Gasteiger charge is -2.34. The Kier molecular flexibility index (Phi) is 8.40. The van der Waals surface area contributed by atoms with Gasteiger partial charge in [0.1, 0.15) is 0 Å². The van der Waals surface area contributed by atoms with Crippen LogP contribution in [-0.4, -0.2) is 67.2 Å². The number of aliphatic imine (C=N–C) groups is 1. The van der Waals surface area contributed by atoms with E-state index in [2.05, 4.69) is 22.1 Å². The van der Waals surface area contributed by atoms with Crippen LogP contribution in [0.4, 0.5) is 13.2 Å². The Hall–Kier alpha value is -0.250. The molecule has 2 rings (SSSR count). The van der Waals surface area contributed by atoms with Gasteiger partial charge in [0, 0.05) is 38.8 Å². The highest BCUT2D eigenvalue weighted by molar-refractivity contribution is 14.0. The zero-order chi connectivity index (χ0) is 16.2. The molecule has 23 heavy (non-hydrogen) atoms. The van der Waals surface area contributed by atoms with E-state index in [4.69, 9.17) is 0 Å². The molecule has 2 fully saturated rings. The lowest BCUT2D eigenvalue weighted by Crippen LogP contribution is -2.49.